The van der Waals surface area contributed by atoms with Crippen molar-refractivity contribution in [2.75, 3.05) is 7.11 Å². The Balaban J connectivity index is 1.18. The van der Waals surface area contributed by atoms with E-state index in [1.165, 1.54) is 90.2 Å². The van der Waals surface area contributed by atoms with Gasteiger partial charge in [0.2, 0.25) is 5.82 Å². The van der Waals surface area contributed by atoms with Crippen molar-refractivity contribution >= 4 is 5.57 Å². The van der Waals surface area contributed by atoms with Crippen LogP contribution in [0.25, 0.3) is 5.57 Å². The lowest BCUT2D eigenvalue weighted by molar-refractivity contribution is 0.175. The molecule has 0 amide bonds. The fourth-order valence-electron chi connectivity index (χ4n) is 7.05. The summed E-state index contributed by atoms with van der Waals surface area (Å²) in [4.78, 5) is 0. The number of rotatable bonds is 9. The van der Waals surface area contributed by atoms with Gasteiger partial charge in [0.15, 0.2) is 11.6 Å². The summed E-state index contributed by atoms with van der Waals surface area (Å²) in [6, 6.07) is 3.21. The number of hydrogen-bond donors (Lipinski definition) is 0. The fraction of sp³-hybridized carbons (Fsp3) is 0.677. The van der Waals surface area contributed by atoms with Gasteiger partial charge in [-0.25, -0.2) is 4.39 Å². The Hall–Kier alpha value is -1.64. The molecule has 2 fully saturated rings. The second kappa shape index (κ2) is 12.4. The normalized spacial score (nSPS) is 30.0. The highest BCUT2D eigenvalue weighted by Crippen LogP contribution is 2.43. The van der Waals surface area contributed by atoms with Gasteiger partial charge in [0.1, 0.15) is 0 Å². The van der Waals surface area contributed by atoms with Gasteiger partial charge >= 0.3 is 0 Å². The summed E-state index contributed by atoms with van der Waals surface area (Å²) in [7, 11) is 1.37. The maximum Gasteiger partial charge on any atom is 0.201 e. The molecule has 34 heavy (non-hydrogen) atoms. The largest absolute Gasteiger partial charge is 0.494 e. The minimum atomic E-state index is -0.873. The van der Waals surface area contributed by atoms with Crippen molar-refractivity contribution in [3.63, 3.8) is 0 Å². The van der Waals surface area contributed by atoms with E-state index >= 15 is 0 Å². The first-order valence-electron chi connectivity index (χ1n) is 13.9. The minimum absolute atomic E-state index is 0.0245. The molecule has 3 aliphatic carbocycles. The van der Waals surface area contributed by atoms with Crippen LogP contribution in [-0.4, -0.2) is 7.11 Å². The second-order valence-electron chi connectivity index (χ2n) is 11.3. The highest BCUT2D eigenvalue weighted by Gasteiger charge is 2.30. The van der Waals surface area contributed by atoms with Crippen LogP contribution in [0.4, 0.5) is 8.78 Å². The van der Waals surface area contributed by atoms with Crippen LogP contribution in [0.3, 0.4) is 0 Å². The first-order chi connectivity index (χ1) is 16.6. The molecule has 1 aromatic carbocycles. The Morgan fingerprint density at radius 2 is 1.44 bits per heavy atom. The number of methoxy groups -OCH3 is 1. The zero-order valence-corrected chi connectivity index (χ0v) is 21.2. The standard InChI is InChI=1S/C31H44F2O/c1-3-4-5-22-6-8-23(9-7-22)10-11-24-12-14-25(15-13-24)26-16-18-27(19-17-26)28-20-21-29(34-2)31(33)30(28)32/h3,18,20-26H,1,4-17,19H2,2H3. The summed E-state index contributed by atoms with van der Waals surface area (Å²) in [5.41, 5.74) is 1.37. The van der Waals surface area contributed by atoms with Gasteiger partial charge in [-0.3, -0.25) is 0 Å². The Bertz CT molecular complexity index is 828. The van der Waals surface area contributed by atoms with Crippen molar-refractivity contribution in [2.24, 2.45) is 29.6 Å². The smallest absolute Gasteiger partial charge is 0.201 e. The number of hydrogen-bond acceptors (Lipinski definition) is 1. The van der Waals surface area contributed by atoms with E-state index in [4.69, 9.17) is 4.74 Å². The topological polar surface area (TPSA) is 9.23 Å². The van der Waals surface area contributed by atoms with Crippen molar-refractivity contribution < 1.29 is 13.5 Å². The molecule has 1 atom stereocenters. The highest BCUT2D eigenvalue weighted by molar-refractivity contribution is 5.67. The quantitative estimate of drug-likeness (QED) is 0.326. The van der Waals surface area contributed by atoms with Crippen LogP contribution in [-0.2, 0) is 0 Å². The first-order valence-corrected chi connectivity index (χ1v) is 13.9. The van der Waals surface area contributed by atoms with Gasteiger partial charge in [0.05, 0.1) is 7.11 Å². The maximum absolute atomic E-state index is 14.5. The number of ether oxygens (including phenoxy) is 1. The molecule has 1 aromatic rings. The summed E-state index contributed by atoms with van der Waals surface area (Å²) >= 11 is 0. The lowest BCUT2D eigenvalue weighted by Gasteiger charge is -2.36. The lowest BCUT2D eigenvalue weighted by atomic mass is 9.69. The van der Waals surface area contributed by atoms with Crippen LogP contribution in [0.15, 0.2) is 30.9 Å². The predicted molar refractivity (Wildman–Crippen MR) is 138 cm³/mol. The van der Waals surface area contributed by atoms with Crippen LogP contribution in [0, 0.1) is 41.2 Å². The molecule has 2 saturated carbocycles. The average Bonchev–Trinajstić information content (AvgIpc) is 2.89. The zero-order valence-electron chi connectivity index (χ0n) is 21.2. The number of allylic oxidation sites excluding steroid dienone is 3. The average molecular weight is 471 g/mol. The van der Waals surface area contributed by atoms with E-state index in [0.29, 0.717) is 11.5 Å². The van der Waals surface area contributed by atoms with E-state index in [1.807, 2.05) is 0 Å². The summed E-state index contributed by atoms with van der Waals surface area (Å²) in [6.45, 7) is 3.87. The van der Waals surface area contributed by atoms with Crippen molar-refractivity contribution in [3.8, 4) is 5.75 Å². The van der Waals surface area contributed by atoms with E-state index in [9.17, 15) is 8.78 Å². The highest BCUT2D eigenvalue weighted by atomic mass is 19.2. The zero-order chi connectivity index (χ0) is 23.9. The van der Waals surface area contributed by atoms with Crippen LogP contribution in [0.2, 0.25) is 0 Å². The van der Waals surface area contributed by atoms with Gasteiger partial charge in [-0.1, -0.05) is 63.5 Å². The number of halogens is 2. The lowest BCUT2D eigenvalue weighted by Crippen LogP contribution is -2.24. The molecule has 0 heterocycles. The molecular formula is C31H44F2O. The molecule has 188 valence electrons. The molecule has 3 aliphatic rings. The third kappa shape index (κ3) is 6.32. The molecule has 3 heteroatoms. The van der Waals surface area contributed by atoms with E-state index in [2.05, 4.69) is 18.7 Å². The Kier molecular flexibility index (Phi) is 9.25. The molecule has 0 bridgehead atoms. The van der Waals surface area contributed by atoms with Crippen molar-refractivity contribution in [2.45, 2.75) is 96.3 Å². The fourth-order valence-corrected chi connectivity index (χ4v) is 7.05. The van der Waals surface area contributed by atoms with E-state index in [0.717, 1.165) is 48.5 Å². The van der Waals surface area contributed by atoms with E-state index < -0.39 is 11.6 Å². The Labute approximate surface area is 206 Å². The third-order valence-corrected chi connectivity index (χ3v) is 9.35. The van der Waals surface area contributed by atoms with Gasteiger partial charge in [-0.2, -0.15) is 4.39 Å². The van der Waals surface area contributed by atoms with Crippen LogP contribution in [0.1, 0.15) is 102 Å². The molecule has 0 aliphatic heterocycles. The summed E-state index contributed by atoms with van der Waals surface area (Å²) < 4.78 is 33.5. The van der Waals surface area contributed by atoms with E-state index in [1.54, 1.807) is 6.07 Å². The Morgan fingerprint density at radius 1 is 0.824 bits per heavy atom. The van der Waals surface area contributed by atoms with Crippen molar-refractivity contribution in [3.05, 3.63) is 48.1 Å². The molecule has 0 spiro atoms. The van der Waals surface area contributed by atoms with E-state index in [-0.39, 0.29) is 5.75 Å². The van der Waals surface area contributed by atoms with Gasteiger partial charge < -0.3 is 4.74 Å². The summed E-state index contributed by atoms with van der Waals surface area (Å²) in [6.07, 6.45) is 23.9. The summed E-state index contributed by atoms with van der Waals surface area (Å²) in [5.74, 6) is 2.72. The first kappa shape index (κ1) is 25.5. The van der Waals surface area contributed by atoms with Crippen LogP contribution >= 0.6 is 0 Å². The molecular weight excluding hydrogens is 426 g/mol. The SMILES string of the molecule is C=CCCC1CCC(CCC2CCC(C3CC=C(c4ccc(OC)c(F)c4F)CC3)CC2)CC1. The molecule has 1 nitrogen and oxygen atoms in total. The third-order valence-electron chi connectivity index (χ3n) is 9.35. The van der Waals surface area contributed by atoms with Gasteiger partial charge in [-0.15, -0.1) is 6.58 Å². The van der Waals surface area contributed by atoms with Gasteiger partial charge in [-0.05, 0) is 92.2 Å². The number of benzene rings is 1. The molecule has 0 radical (unpaired) electrons. The molecule has 4 rings (SSSR count). The van der Waals surface area contributed by atoms with Crippen molar-refractivity contribution in [1.29, 1.82) is 0 Å². The monoisotopic (exact) mass is 470 g/mol. The molecule has 0 aromatic heterocycles. The molecule has 0 N–H and O–H groups in total. The second-order valence-corrected chi connectivity index (χ2v) is 11.3. The van der Waals surface area contributed by atoms with Crippen molar-refractivity contribution in [1.82, 2.24) is 0 Å². The summed E-state index contributed by atoms with van der Waals surface area (Å²) in [5, 5.41) is 0. The van der Waals surface area contributed by atoms with Gasteiger partial charge in [0.25, 0.3) is 0 Å². The molecule has 0 saturated heterocycles. The maximum atomic E-state index is 14.5. The van der Waals surface area contributed by atoms with Crippen LogP contribution < -0.4 is 4.74 Å². The minimum Gasteiger partial charge on any atom is -0.494 e. The van der Waals surface area contributed by atoms with Gasteiger partial charge in [0, 0.05) is 5.56 Å². The predicted octanol–water partition coefficient (Wildman–Crippen LogP) is 9.52. The van der Waals surface area contributed by atoms with Crippen LogP contribution in [0.5, 0.6) is 5.75 Å². The molecule has 1 unspecified atom stereocenters. The Morgan fingerprint density at radius 3 is 2.00 bits per heavy atom.